The maximum Gasteiger partial charge on any atom is 0.267 e. The summed E-state index contributed by atoms with van der Waals surface area (Å²) >= 11 is 0. The van der Waals surface area contributed by atoms with Gasteiger partial charge in [-0.2, -0.15) is 0 Å². The predicted octanol–water partition coefficient (Wildman–Crippen LogP) is 2.07. The van der Waals surface area contributed by atoms with E-state index in [0.717, 1.165) is 31.6 Å². The van der Waals surface area contributed by atoms with E-state index in [0.29, 0.717) is 18.8 Å². The molecule has 1 saturated carbocycles. The number of aromatic nitrogens is 1. The zero-order valence-electron chi connectivity index (χ0n) is 11.9. The molecule has 1 aromatic rings. The van der Waals surface area contributed by atoms with Crippen LogP contribution < -0.4 is 5.32 Å². The molecule has 1 saturated heterocycles. The molecule has 1 spiro atoms. The fourth-order valence-corrected chi connectivity index (χ4v) is 2.95. The van der Waals surface area contributed by atoms with Gasteiger partial charge < -0.3 is 19.8 Å². The van der Waals surface area contributed by atoms with Gasteiger partial charge in [0.05, 0.1) is 6.61 Å². The Labute approximate surface area is 119 Å². The van der Waals surface area contributed by atoms with Crippen molar-refractivity contribution in [1.82, 2.24) is 10.3 Å². The van der Waals surface area contributed by atoms with Gasteiger partial charge in [-0.15, -0.1) is 0 Å². The molecule has 1 amide bonds. The number of carbonyl (C=O) groups is 1. The Hall–Kier alpha value is -1.33. The van der Waals surface area contributed by atoms with E-state index >= 15 is 0 Å². The molecule has 3 rings (SSSR count). The summed E-state index contributed by atoms with van der Waals surface area (Å²) in [7, 11) is 0. The van der Waals surface area contributed by atoms with Crippen LogP contribution in [0.15, 0.2) is 18.3 Å². The molecule has 0 aromatic carbocycles. The summed E-state index contributed by atoms with van der Waals surface area (Å²) in [6, 6.07) is 3.56. The van der Waals surface area contributed by atoms with E-state index in [1.165, 1.54) is 0 Å². The number of aromatic amines is 1. The fourth-order valence-electron chi connectivity index (χ4n) is 2.95. The lowest BCUT2D eigenvalue weighted by Gasteiger charge is -2.34. The van der Waals surface area contributed by atoms with Crippen molar-refractivity contribution in [2.75, 3.05) is 13.2 Å². The number of ether oxygens (including phenoxy) is 2. The average molecular weight is 278 g/mol. The molecule has 0 bridgehead atoms. The second kappa shape index (κ2) is 5.58. The third-order valence-corrected chi connectivity index (χ3v) is 4.28. The van der Waals surface area contributed by atoms with Crippen LogP contribution in [-0.4, -0.2) is 35.9 Å². The Morgan fingerprint density at radius 3 is 3.00 bits per heavy atom. The largest absolute Gasteiger partial charge is 0.357 e. The number of carbonyl (C=O) groups excluding carboxylic acids is 1. The van der Waals surface area contributed by atoms with Gasteiger partial charge in [0.1, 0.15) is 11.8 Å². The predicted molar refractivity (Wildman–Crippen MR) is 74.3 cm³/mol. The third kappa shape index (κ3) is 2.88. The van der Waals surface area contributed by atoms with Crippen LogP contribution in [0.1, 0.15) is 43.1 Å². The molecule has 0 radical (unpaired) electrons. The summed E-state index contributed by atoms with van der Waals surface area (Å²) in [4.78, 5) is 14.7. The second-order valence-electron chi connectivity index (χ2n) is 5.94. The zero-order chi connectivity index (χ0) is 14.0. The molecule has 2 fully saturated rings. The normalized spacial score (nSPS) is 33.5. The van der Waals surface area contributed by atoms with E-state index in [1.807, 2.05) is 6.07 Å². The van der Waals surface area contributed by atoms with Gasteiger partial charge in [0.2, 0.25) is 0 Å². The summed E-state index contributed by atoms with van der Waals surface area (Å²) in [5.74, 6) is 0.283. The van der Waals surface area contributed by atoms with Crippen LogP contribution in [0, 0.1) is 5.92 Å². The quantitative estimate of drug-likeness (QED) is 0.889. The SMILES string of the molecule is CC1CCC2(CC1)OC[C@@H](CNC(=O)c1ccc[nH]1)O2. The summed E-state index contributed by atoms with van der Waals surface area (Å²) < 4.78 is 11.9. The molecule has 2 N–H and O–H groups in total. The molecular formula is C15H22N2O3. The molecule has 1 atom stereocenters. The van der Waals surface area contributed by atoms with Crippen LogP contribution in [0.25, 0.3) is 0 Å². The molecule has 110 valence electrons. The molecular weight excluding hydrogens is 256 g/mol. The molecule has 20 heavy (non-hydrogen) atoms. The first-order valence-corrected chi connectivity index (χ1v) is 7.40. The first kappa shape index (κ1) is 13.6. The van der Waals surface area contributed by atoms with Gasteiger partial charge in [0.25, 0.3) is 5.91 Å². The lowest BCUT2D eigenvalue weighted by atomic mass is 9.86. The maximum atomic E-state index is 11.8. The van der Waals surface area contributed by atoms with E-state index in [-0.39, 0.29) is 17.8 Å². The smallest absolute Gasteiger partial charge is 0.267 e. The monoisotopic (exact) mass is 278 g/mol. The Kier molecular flexibility index (Phi) is 3.81. The van der Waals surface area contributed by atoms with Crippen LogP contribution >= 0.6 is 0 Å². The molecule has 1 aromatic heterocycles. The third-order valence-electron chi connectivity index (χ3n) is 4.28. The van der Waals surface area contributed by atoms with Crippen molar-refractivity contribution in [2.24, 2.45) is 5.92 Å². The van der Waals surface area contributed by atoms with Crippen LogP contribution in [0.4, 0.5) is 0 Å². The fraction of sp³-hybridized carbons (Fsp3) is 0.667. The minimum atomic E-state index is -0.381. The highest BCUT2D eigenvalue weighted by Crippen LogP contribution is 2.39. The van der Waals surface area contributed by atoms with Gasteiger partial charge >= 0.3 is 0 Å². The van der Waals surface area contributed by atoms with Crippen LogP contribution in [0.5, 0.6) is 0 Å². The van der Waals surface area contributed by atoms with E-state index in [4.69, 9.17) is 9.47 Å². The summed E-state index contributed by atoms with van der Waals surface area (Å²) in [6.45, 7) is 3.34. The number of hydrogen-bond donors (Lipinski definition) is 2. The van der Waals surface area contributed by atoms with Crippen LogP contribution in [-0.2, 0) is 9.47 Å². The molecule has 0 unspecified atom stereocenters. The summed E-state index contributed by atoms with van der Waals surface area (Å²) in [6.07, 6.45) is 5.94. The van der Waals surface area contributed by atoms with Crippen molar-refractivity contribution in [3.63, 3.8) is 0 Å². The average Bonchev–Trinajstić information content (AvgIpc) is 3.10. The number of rotatable bonds is 3. The molecule has 2 aliphatic rings. The standard InChI is InChI=1S/C15H22N2O3/c1-11-4-6-15(7-5-11)19-10-12(20-15)9-17-14(18)13-3-2-8-16-13/h2-3,8,11-12,16H,4-7,9-10H2,1H3,(H,17,18)/t11?,12-,15?/m1/s1. The highest BCUT2D eigenvalue weighted by Gasteiger charge is 2.43. The highest BCUT2D eigenvalue weighted by atomic mass is 16.7. The van der Waals surface area contributed by atoms with Crippen molar-refractivity contribution in [3.05, 3.63) is 24.0 Å². The van der Waals surface area contributed by atoms with E-state index in [1.54, 1.807) is 12.3 Å². The summed E-state index contributed by atoms with van der Waals surface area (Å²) in [5, 5.41) is 2.88. The van der Waals surface area contributed by atoms with Crippen molar-refractivity contribution in [1.29, 1.82) is 0 Å². The van der Waals surface area contributed by atoms with Gasteiger partial charge in [-0.1, -0.05) is 6.92 Å². The topological polar surface area (TPSA) is 63.3 Å². The number of amides is 1. The first-order chi connectivity index (χ1) is 9.67. The zero-order valence-corrected chi connectivity index (χ0v) is 11.9. The Morgan fingerprint density at radius 2 is 2.30 bits per heavy atom. The summed E-state index contributed by atoms with van der Waals surface area (Å²) in [5.41, 5.74) is 0.574. The minimum absolute atomic E-state index is 0.0395. The molecule has 5 heteroatoms. The lowest BCUT2D eigenvalue weighted by Crippen LogP contribution is -2.38. The molecule has 2 heterocycles. The van der Waals surface area contributed by atoms with Crippen molar-refractivity contribution < 1.29 is 14.3 Å². The van der Waals surface area contributed by atoms with Crippen molar-refractivity contribution in [2.45, 2.75) is 44.5 Å². The highest BCUT2D eigenvalue weighted by molar-refractivity contribution is 5.92. The molecule has 1 aliphatic carbocycles. The first-order valence-electron chi connectivity index (χ1n) is 7.40. The van der Waals surface area contributed by atoms with Crippen LogP contribution in [0.3, 0.4) is 0 Å². The van der Waals surface area contributed by atoms with Gasteiger partial charge in [0.15, 0.2) is 5.79 Å². The second-order valence-corrected chi connectivity index (χ2v) is 5.94. The Balaban J connectivity index is 1.47. The Morgan fingerprint density at radius 1 is 1.50 bits per heavy atom. The van der Waals surface area contributed by atoms with Crippen LogP contribution in [0.2, 0.25) is 0 Å². The van der Waals surface area contributed by atoms with E-state index < -0.39 is 0 Å². The molecule has 1 aliphatic heterocycles. The van der Waals surface area contributed by atoms with Crippen molar-refractivity contribution in [3.8, 4) is 0 Å². The van der Waals surface area contributed by atoms with Gasteiger partial charge in [-0.05, 0) is 30.9 Å². The lowest BCUT2D eigenvalue weighted by molar-refractivity contribution is -0.191. The van der Waals surface area contributed by atoms with Gasteiger partial charge in [-0.25, -0.2) is 0 Å². The number of nitrogens with one attached hydrogen (secondary N) is 2. The Bertz CT molecular complexity index is 450. The minimum Gasteiger partial charge on any atom is -0.357 e. The van der Waals surface area contributed by atoms with E-state index in [9.17, 15) is 4.79 Å². The van der Waals surface area contributed by atoms with Crippen molar-refractivity contribution >= 4 is 5.91 Å². The maximum absolute atomic E-state index is 11.8. The number of hydrogen-bond acceptors (Lipinski definition) is 3. The number of H-pyrrole nitrogens is 1. The van der Waals surface area contributed by atoms with Gasteiger partial charge in [-0.3, -0.25) is 4.79 Å². The molecule has 5 nitrogen and oxygen atoms in total. The van der Waals surface area contributed by atoms with E-state index in [2.05, 4.69) is 17.2 Å². The van der Waals surface area contributed by atoms with Gasteiger partial charge in [0, 0.05) is 25.6 Å².